The van der Waals surface area contributed by atoms with Gasteiger partial charge >= 0.3 is 5.97 Å². The number of anilines is 1. The standard InChI is InChI=1S/C11H15BrN2O2/c1-3-14(8-6-10(15)16-2)11-9(12)5-4-7-13-11/h4-5,7H,3,6,8H2,1-2H3. The second-order valence-corrected chi connectivity index (χ2v) is 4.07. The molecule has 0 N–H and O–H groups in total. The first-order chi connectivity index (χ1) is 7.69. The molecule has 1 heterocycles. The Morgan fingerprint density at radius 2 is 2.38 bits per heavy atom. The number of ether oxygens (including phenoxy) is 1. The quantitative estimate of drug-likeness (QED) is 0.779. The number of nitrogens with zero attached hydrogens (tertiary/aromatic N) is 2. The predicted octanol–water partition coefficient (Wildman–Crippen LogP) is 2.23. The highest BCUT2D eigenvalue weighted by molar-refractivity contribution is 9.10. The van der Waals surface area contributed by atoms with Crippen LogP contribution in [0, 0.1) is 0 Å². The highest BCUT2D eigenvalue weighted by Crippen LogP contribution is 2.22. The summed E-state index contributed by atoms with van der Waals surface area (Å²) in [4.78, 5) is 17.4. The van der Waals surface area contributed by atoms with E-state index < -0.39 is 0 Å². The maximum Gasteiger partial charge on any atom is 0.307 e. The lowest BCUT2D eigenvalue weighted by molar-refractivity contribution is -0.140. The number of esters is 1. The molecule has 0 fully saturated rings. The molecule has 0 saturated carbocycles. The molecule has 0 aliphatic carbocycles. The van der Waals surface area contributed by atoms with Gasteiger partial charge in [-0.15, -0.1) is 0 Å². The van der Waals surface area contributed by atoms with E-state index >= 15 is 0 Å². The maximum atomic E-state index is 11.1. The van der Waals surface area contributed by atoms with Crippen molar-refractivity contribution in [3.05, 3.63) is 22.8 Å². The van der Waals surface area contributed by atoms with E-state index in [-0.39, 0.29) is 5.97 Å². The summed E-state index contributed by atoms with van der Waals surface area (Å²) in [6, 6.07) is 3.80. The molecule has 0 aliphatic rings. The van der Waals surface area contributed by atoms with Gasteiger partial charge in [0.1, 0.15) is 5.82 Å². The summed E-state index contributed by atoms with van der Waals surface area (Å²) in [7, 11) is 1.40. The van der Waals surface area contributed by atoms with Gasteiger partial charge < -0.3 is 9.64 Å². The number of rotatable bonds is 5. The summed E-state index contributed by atoms with van der Waals surface area (Å²) >= 11 is 3.44. The summed E-state index contributed by atoms with van der Waals surface area (Å²) in [5.41, 5.74) is 0. The first-order valence-corrected chi connectivity index (χ1v) is 5.90. The van der Waals surface area contributed by atoms with Crippen molar-refractivity contribution in [1.29, 1.82) is 0 Å². The van der Waals surface area contributed by atoms with Crippen molar-refractivity contribution in [3.63, 3.8) is 0 Å². The van der Waals surface area contributed by atoms with Gasteiger partial charge in [-0.25, -0.2) is 4.98 Å². The highest BCUT2D eigenvalue weighted by atomic mass is 79.9. The number of aromatic nitrogens is 1. The van der Waals surface area contributed by atoms with Crippen LogP contribution in [0.2, 0.25) is 0 Å². The third kappa shape index (κ3) is 3.48. The molecular formula is C11H15BrN2O2. The zero-order valence-corrected chi connectivity index (χ0v) is 11.0. The largest absolute Gasteiger partial charge is 0.469 e. The molecular weight excluding hydrogens is 272 g/mol. The van der Waals surface area contributed by atoms with Crippen LogP contribution < -0.4 is 4.90 Å². The Balaban J connectivity index is 2.68. The molecule has 16 heavy (non-hydrogen) atoms. The van der Waals surface area contributed by atoms with E-state index in [4.69, 9.17) is 0 Å². The van der Waals surface area contributed by atoms with Gasteiger partial charge in [-0.3, -0.25) is 4.79 Å². The van der Waals surface area contributed by atoms with Crippen molar-refractivity contribution in [2.75, 3.05) is 25.1 Å². The van der Waals surface area contributed by atoms with Gasteiger partial charge in [0.05, 0.1) is 18.0 Å². The fraction of sp³-hybridized carbons (Fsp3) is 0.455. The molecule has 0 bridgehead atoms. The fourth-order valence-corrected chi connectivity index (χ4v) is 1.86. The Morgan fingerprint density at radius 3 is 2.94 bits per heavy atom. The van der Waals surface area contributed by atoms with Crippen LogP contribution >= 0.6 is 15.9 Å². The molecule has 1 aromatic rings. The maximum absolute atomic E-state index is 11.1. The number of carbonyl (C=O) groups excluding carboxylic acids is 1. The average Bonchev–Trinajstić information content (AvgIpc) is 2.31. The van der Waals surface area contributed by atoms with Gasteiger partial charge in [0.15, 0.2) is 0 Å². The van der Waals surface area contributed by atoms with Crippen LogP contribution in [0.25, 0.3) is 0 Å². The van der Waals surface area contributed by atoms with E-state index in [2.05, 4.69) is 25.7 Å². The van der Waals surface area contributed by atoms with E-state index in [0.717, 1.165) is 16.8 Å². The molecule has 0 radical (unpaired) electrons. The minimum atomic E-state index is -0.203. The van der Waals surface area contributed by atoms with Crippen molar-refractivity contribution in [2.24, 2.45) is 0 Å². The summed E-state index contributed by atoms with van der Waals surface area (Å²) in [5.74, 6) is 0.652. The molecule has 0 unspecified atom stereocenters. The van der Waals surface area contributed by atoms with Gasteiger partial charge in [-0.05, 0) is 35.0 Å². The molecule has 5 heteroatoms. The van der Waals surface area contributed by atoms with Crippen LogP contribution in [-0.4, -0.2) is 31.2 Å². The predicted molar refractivity (Wildman–Crippen MR) is 66.5 cm³/mol. The van der Waals surface area contributed by atoms with E-state index in [1.165, 1.54) is 7.11 Å². The molecule has 1 aromatic heterocycles. The first kappa shape index (κ1) is 13.0. The summed E-state index contributed by atoms with van der Waals surface area (Å²) in [5, 5.41) is 0. The molecule has 0 spiro atoms. The third-order valence-corrected chi connectivity index (χ3v) is 2.85. The van der Waals surface area contributed by atoms with Crippen LogP contribution in [0.1, 0.15) is 13.3 Å². The Bertz CT molecular complexity index is 358. The normalized spacial score (nSPS) is 9.94. The molecule has 4 nitrogen and oxygen atoms in total. The van der Waals surface area contributed by atoms with Gasteiger partial charge in [-0.2, -0.15) is 0 Å². The van der Waals surface area contributed by atoms with Gasteiger partial charge in [0.2, 0.25) is 0 Å². The van der Waals surface area contributed by atoms with Crippen molar-refractivity contribution in [3.8, 4) is 0 Å². The van der Waals surface area contributed by atoms with Crippen LogP contribution in [0.3, 0.4) is 0 Å². The molecule has 0 aromatic carbocycles. The van der Waals surface area contributed by atoms with Crippen LogP contribution in [-0.2, 0) is 9.53 Å². The molecule has 0 saturated heterocycles. The number of hydrogen-bond acceptors (Lipinski definition) is 4. The van der Waals surface area contributed by atoms with Crippen molar-refractivity contribution in [2.45, 2.75) is 13.3 Å². The molecule has 88 valence electrons. The molecule has 0 aliphatic heterocycles. The Labute approximate surface area is 104 Å². The second kappa shape index (κ2) is 6.48. The highest BCUT2D eigenvalue weighted by Gasteiger charge is 2.11. The van der Waals surface area contributed by atoms with Crippen molar-refractivity contribution < 1.29 is 9.53 Å². The third-order valence-electron chi connectivity index (χ3n) is 2.23. The minimum absolute atomic E-state index is 0.203. The Kier molecular flexibility index (Phi) is 5.25. The topological polar surface area (TPSA) is 42.4 Å². The smallest absolute Gasteiger partial charge is 0.307 e. The summed E-state index contributed by atoms with van der Waals surface area (Å²) in [6.45, 7) is 3.43. The van der Waals surface area contributed by atoms with Gasteiger partial charge in [0, 0.05) is 19.3 Å². The number of methoxy groups -OCH3 is 1. The Hall–Kier alpha value is -1.10. The molecule has 0 atom stereocenters. The lowest BCUT2D eigenvalue weighted by atomic mass is 10.3. The van der Waals surface area contributed by atoms with E-state index in [1.807, 2.05) is 24.0 Å². The number of carbonyl (C=O) groups is 1. The summed E-state index contributed by atoms with van der Waals surface area (Å²) in [6.07, 6.45) is 2.11. The monoisotopic (exact) mass is 286 g/mol. The zero-order chi connectivity index (χ0) is 12.0. The van der Waals surface area contributed by atoms with Gasteiger partial charge in [0.25, 0.3) is 0 Å². The van der Waals surface area contributed by atoms with Gasteiger partial charge in [-0.1, -0.05) is 0 Å². The second-order valence-electron chi connectivity index (χ2n) is 3.21. The van der Waals surface area contributed by atoms with E-state index in [1.54, 1.807) is 6.20 Å². The van der Waals surface area contributed by atoms with Crippen LogP contribution in [0.4, 0.5) is 5.82 Å². The lowest BCUT2D eigenvalue weighted by Crippen LogP contribution is -2.27. The number of pyridine rings is 1. The molecule has 0 amide bonds. The summed E-state index contributed by atoms with van der Waals surface area (Å²) < 4.78 is 5.55. The zero-order valence-electron chi connectivity index (χ0n) is 9.44. The number of halogens is 1. The van der Waals surface area contributed by atoms with Crippen LogP contribution in [0.15, 0.2) is 22.8 Å². The SMILES string of the molecule is CCN(CCC(=O)OC)c1ncccc1Br. The number of hydrogen-bond donors (Lipinski definition) is 0. The van der Waals surface area contributed by atoms with Crippen molar-refractivity contribution >= 4 is 27.7 Å². The minimum Gasteiger partial charge on any atom is -0.469 e. The fourth-order valence-electron chi connectivity index (χ4n) is 1.35. The van der Waals surface area contributed by atoms with Crippen molar-refractivity contribution in [1.82, 2.24) is 4.98 Å². The molecule has 1 rings (SSSR count). The lowest BCUT2D eigenvalue weighted by Gasteiger charge is -2.22. The first-order valence-electron chi connectivity index (χ1n) is 5.11. The van der Waals surface area contributed by atoms with E-state index in [9.17, 15) is 4.79 Å². The average molecular weight is 287 g/mol. The van der Waals surface area contributed by atoms with Crippen LogP contribution in [0.5, 0.6) is 0 Å². The Morgan fingerprint density at radius 1 is 1.62 bits per heavy atom. The van der Waals surface area contributed by atoms with E-state index in [0.29, 0.717) is 13.0 Å².